The first kappa shape index (κ1) is 16.3. The summed E-state index contributed by atoms with van der Waals surface area (Å²) in [6, 6.07) is 27.0. The lowest BCUT2D eigenvalue weighted by Crippen LogP contribution is -2.01. The van der Waals surface area contributed by atoms with Crippen LogP contribution >= 0.6 is 11.6 Å². The zero-order valence-corrected chi connectivity index (χ0v) is 14.6. The SMILES string of the molecule is O=Cc1c(-c2ccc(Cl)cc2)c(-c2ccccc2)nn1-c1ccccc1. The molecular weight excluding hydrogens is 344 g/mol. The van der Waals surface area contributed by atoms with E-state index in [1.54, 1.807) is 4.68 Å². The van der Waals surface area contributed by atoms with E-state index in [-0.39, 0.29) is 0 Å². The molecule has 0 aliphatic rings. The Labute approximate surface area is 156 Å². The summed E-state index contributed by atoms with van der Waals surface area (Å²) in [6.45, 7) is 0. The molecule has 0 saturated heterocycles. The van der Waals surface area contributed by atoms with Gasteiger partial charge in [-0.1, -0.05) is 72.3 Å². The second-order valence-corrected chi connectivity index (χ2v) is 6.28. The molecule has 26 heavy (non-hydrogen) atoms. The van der Waals surface area contributed by atoms with Gasteiger partial charge in [-0.2, -0.15) is 5.10 Å². The Bertz CT molecular complexity index is 1040. The van der Waals surface area contributed by atoms with Gasteiger partial charge in [-0.25, -0.2) is 4.68 Å². The molecule has 4 aromatic rings. The molecule has 4 heteroatoms. The molecule has 0 N–H and O–H groups in total. The van der Waals surface area contributed by atoms with Gasteiger partial charge in [-0.3, -0.25) is 4.79 Å². The lowest BCUT2D eigenvalue weighted by Gasteiger charge is -2.05. The van der Waals surface area contributed by atoms with Crippen molar-refractivity contribution in [2.24, 2.45) is 0 Å². The minimum absolute atomic E-state index is 0.511. The molecule has 1 aromatic heterocycles. The largest absolute Gasteiger partial charge is 0.296 e. The Morgan fingerprint density at radius 3 is 2.00 bits per heavy atom. The topological polar surface area (TPSA) is 34.9 Å². The first-order valence-corrected chi connectivity index (χ1v) is 8.60. The highest BCUT2D eigenvalue weighted by Gasteiger charge is 2.21. The molecule has 4 rings (SSSR count). The maximum absolute atomic E-state index is 12.0. The Kier molecular flexibility index (Phi) is 4.38. The van der Waals surface area contributed by atoms with Crippen LogP contribution in [0.1, 0.15) is 10.5 Å². The van der Waals surface area contributed by atoms with Crippen molar-refractivity contribution >= 4 is 17.9 Å². The van der Waals surface area contributed by atoms with Gasteiger partial charge in [-0.15, -0.1) is 0 Å². The second-order valence-electron chi connectivity index (χ2n) is 5.85. The van der Waals surface area contributed by atoms with Crippen LogP contribution in [0.5, 0.6) is 0 Å². The highest BCUT2D eigenvalue weighted by Crippen LogP contribution is 2.35. The first-order valence-electron chi connectivity index (χ1n) is 8.23. The van der Waals surface area contributed by atoms with E-state index in [1.165, 1.54) is 0 Å². The number of carbonyl (C=O) groups is 1. The Morgan fingerprint density at radius 1 is 0.769 bits per heavy atom. The van der Waals surface area contributed by atoms with Gasteiger partial charge in [0.1, 0.15) is 11.4 Å². The first-order chi connectivity index (χ1) is 12.8. The van der Waals surface area contributed by atoms with E-state index in [4.69, 9.17) is 16.7 Å². The van der Waals surface area contributed by atoms with Gasteiger partial charge in [0, 0.05) is 16.1 Å². The molecule has 0 aliphatic carbocycles. The van der Waals surface area contributed by atoms with Gasteiger partial charge in [0.25, 0.3) is 0 Å². The Morgan fingerprint density at radius 2 is 1.38 bits per heavy atom. The third-order valence-corrected chi connectivity index (χ3v) is 4.47. The van der Waals surface area contributed by atoms with Crippen molar-refractivity contribution in [1.29, 1.82) is 0 Å². The summed E-state index contributed by atoms with van der Waals surface area (Å²) in [5.41, 5.74) is 4.77. The summed E-state index contributed by atoms with van der Waals surface area (Å²) >= 11 is 6.04. The summed E-state index contributed by atoms with van der Waals surface area (Å²) in [5, 5.41) is 5.42. The summed E-state index contributed by atoms with van der Waals surface area (Å²) < 4.78 is 1.69. The van der Waals surface area contributed by atoms with E-state index in [0.29, 0.717) is 10.7 Å². The predicted octanol–water partition coefficient (Wildman–Crippen LogP) is 5.67. The number of rotatable bonds is 4. The Hall–Kier alpha value is -3.17. The van der Waals surface area contributed by atoms with E-state index in [2.05, 4.69) is 0 Å². The molecule has 0 amide bonds. The van der Waals surface area contributed by atoms with Crippen LogP contribution in [0, 0.1) is 0 Å². The van der Waals surface area contributed by atoms with Crippen molar-refractivity contribution in [3.8, 4) is 28.1 Å². The maximum Gasteiger partial charge on any atom is 0.169 e. The number of hydrogen-bond donors (Lipinski definition) is 0. The molecule has 0 saturated carbocycles. The lowest BCUT2D eigenvalue weighted by molar-refractivity contribution is 0.111. The van der Waals surface area contributed by atoms with Crippen LogP contribution in [-0.4, -0.2) is 16.1 Å². The summed E-state index contributed by atoms with van der Waals surface area (Å²) in [7, 11) is 0. The van der Waals surface area contributed by atoms with Gasteiger partial charge >= 0.3 is 0 Å². The monoisotopic (exact) mass is 358 g/mol. The molecule has 0 bridgehead atoms. The van der Waals surface area contributed by atoms with Crippen molar-refractivity contribution < 1.29 is 4.79 Å². The zero-order valence-electron chi connectivity index (χ0n) is 13.8. The highest BCUT2D eigenvalue weighted by atomic mass is 35.5. The van der Waals surface area contributed by atoms with Gasteiger partial charge in [-0.05, 0) is 29.8 Å². The number of aldehydes is 1. The molecule has 0 aliphatic heterocycles. The number of carbonyl (C=O) groups excluding carboxylic acids is 1. The third-order valence-electron chi connectivity index (χ3n) is 4.21. The minimum Gasteiger partial charge on any atom is -0.296 e. The van der Waals surface area contributed by atoms with Gasteiger partial charge in [0.2, 0.25) is 0 Å². The number of benzene rings is 3. The van der Waals surface area contributed by atoms with Crippen molar-refractivity contribution in [3.63, 3.8) is 0 Å². The second kappa shape index (κ2) is 6.98. The van der Waals surface area contributed by atoms with E-state index in [0.717, 1.165) is 34.4 Å². The van der Waals surface area contributed by atoms with Crippen LogP contribution in [0.4, 0.5) is 0 Å². The number of halogens is 1. The average molecular weight is 359 g/mol. The molecule has 0 radical (unpaired) electrons. The molecule has 1 heterocycles. The van der Waals surface area contributed by atoms with Crippen LogP contribution in [0.15, 0.2) is 84.9 Å². The average Bonchev–Trinajstić information content (AvgIpc) is 3.09. The van der Waals surface area contributed by atoms with Gasteiger partial charge < -0.3 is 0 Å². The van der Waals surface area contributed by atoms with E-state index >= 15 is 0 Å². The standard InChI is InChI=1S/C22H15ClN2O/c23-18-13-11-16(12-14-18)21-20(15-26)25(19-9-5-2-6-10-19)24-22(21)17-7-3-1-4-8-17/h1-15H. The van der Waals surface area contributed by atoms with Crippen molar-refractivity contribution in [1.82, 2.24) is 9.78 Å². The molecule has 0 atom stereocenters. The predicted molar refractivity (Wildman–Crippen MR) is 105 cm³/mol. The van der Waals surface area contributed by atoms with Crippen molar-refractivity contribution in [3.05, 3.63) is 95.6 Å². The van der Waals surface area contributed by atoms with Crippen LogP contribution in [-0.2, 0) is 0 Å². The quantitative estimate of drug-likeness (QED) is 0.440. The van der Waals surface area contributed by atoms with Crippen molar-refractivity contribution in [2.45, 2.75) is 0 Å². The van der Waals surface area contributed by atoms with Gasteiger partial charge in [0.15, 0.2) is 6.29 Å². The molecular formula is C22H15ClN2O. The fraction of sp³-hybridized carbons (Fsp3) is 0. The summed E-state index contributed by atoms with van der Waals surface area (Å²) in [4.78, 5) is 12.0. The van der Waals surface area contributed by atoms with Crippen LogP contribution in [0.25, 0.3) is 28.1 Å². The number of hydrogen-bond acceptors (Lipinski definition) is 2. The van der Waals surface area contributed by atoms with E-state index < -0.39 is 0 Å². The van der Waals surface area contributed by atoms with E-state index in [9.17, 15) is 4.79 Å². The molecule has 0 unspecified atom stereocenters. The number of nitrogens with zero attached hydrogens (tertiary/aromatic N) is 2. The van der Waals surface area contributed by atoms with Crippen LogP contribution < -0.4 is 0 Å². The summed E-state index contributed by atoms with van der Waals surface area (Å²) in [5.74, 6) is 0. The Balaban J connectivity index is 2.02. The molecule has 3 nitrogen and oxygen atoms in total. The minimum atomic E-state index is 0.511. The molecule has 3 aromatic carbocycles. The van der Waals surface area contributed by atoms with E-state index in [1.807, 2.05) is 84.9 Å². The summed E-state index contributed by atoms with van der Waals surface area (Å²) in [6.07, 6.45) is 0.858. The molecule has 0 fully saturated rings. The maximum atomic E-state index is 12.0. The van der Waals surface area contributed by atoms with Gasteiger partial charge in [0.05, 0.1) is 5.69 Å². The normalized spacial score (nSPS) is 10.7. The highest BCUT2D eigenvalue weighted by molar-refractivity contribution is 6.30. The molecule has 0 spiro atoms. The fourth-order valence-electron chi connectivity index (χ4n) is 3.01. The van der Waals surface area contributed by atoms with Crippen molar-refractivity contribution in [2.75, 3.05) is 0 Å². The lowest BCUT2D eigenvalue weighted by atomic mass is 9.99. The fourth-order valence-corrected chi connectivity index (χ4v) is 3.13. The third kappa shape index (κ3) is 2.93. The number of para-hydroxylation sites is 1. The van der Waals surface area contributed by atoms with Crippen LogP contribution in [0.2, 0.25) is 5.02 Å². The molecule has 126 valence electrons. The smallest absolute Gasteiger partial charge is 0.169 e. The zero-order chi connectivity index (χ0) is 17.9. The number of aromatic nitrogens is 2. The van der Waals surface area contributed by atoms with Crippen LogP contribution in [0.3, 0.4) is 0 Å².